The fraction of sp³-hybridized carbons (Fsp3) is 0.238. The van der Waals surface area contributed by atoms with Gasteiger partial charge in [0.25, 0.3) is 0 Å². The fourth-order valence-corrected chi connectivity index (χ4v) is 3.57. The Hall–Kier alpha value is -2.88. The van der Waals surface area contributed by atoms with Crippen LogP contribution in [0.3, 0.4) is 0 Å². The molecule has 1 aliphatic carbocycles. The molecule has 0 N–H and O–H groups in total. The van der Waals surface area contributed by atoms with Crippen LogP contribution < -0.4 is 4.74 Å². The van der Waals surface area contributed by atoms with Crippen molar-refractivity contribution in [2.45, 2.75) is 19.8 Å². The summed E-state index contributed by atoms with van der Waals surface area (Å²) < 4.78 is 10.6. The number of rotatable bonds is 3. The summed E-state index contributed by atoms with van der Waals surface area (Å²) >= 11 is 0. The highest BCUT2D eigenvalue weighted by molar-refractivity contribution is 6.03. The number of pyridine rings is 1. The second-order valence-electron chi connectivity index (χ2n) is 6.07. The van der Waals surface area contributed by atoms with E-state index in [1.54, 1.807) is 7.11 Å². The van der Waals surface area contributed by atoms with Crippen LogP contribution in [0, 0.1) is 0 Å². The van der Waals surface area contributed by atoms with E-state index in [0.717, 1.165) is 46.2 Å². The van der Waals surface area contributed by atoms with E-state index in [-0.39, 0.29) is 5.97 Å². The quantitative estimate of drug-likeness (QED) is 0.675. The summed E-state index contributed by atoms with van der Waals surface area (Å²) in [6.45, 7) is 2.15. The Balaban J connectivity index is 2.08. The van der Waals surface area contributed by atoms with Gasteiger partial charge >= 0.3 is 5.97 Å². The molecule has 0 saturated heterocycles. The van der Waals surface area contributed by atoms with Crippen molar-refractivity contribution in [3.05, 3.63) is 59.3 Å². The summed E-state index contributed by atoms with van der Waals surface area (Å²) in [5.41, 5.74) is 5.71. The summed E-state index contributed by atoms with van der Waals surface area (Å²) in [4.78, 5) is 17.1. The molecule has 4 heteroatoms. The lowest BCUT2D eigenvalue weighted by atomic mass is 9.83. The lowest BCUT2D eigenvalue weighted by Gasteiger charge is -2.23. The number of fused-ring (bicyclic) bond motifs is 5. The molecule has 126 valence electrons. The van der Waals surface area contributed by atoms with Crippen molar-refractivity contribution < 1.29 is 14.3 Å². The number of hydrogen-bond acceptors (Lipinski definition) is 4. The van der Waals surface area contributed by atoms with Crippen LogP contribution >= 0.6 is 0 Å². The molecule has 0 unspecified atom stereocenters. The predicted octanol–water partition coefficient (Wildman–Crippen LogP) is 4.19. The normalized spacial score (nSPS) is 12.4. The SMILES string of the molecule is CCOC(=O)c1nc2ccc(OC)cc2c2c1CCc1ccccc1-2. The first-order valence-corrected chi connectivity index (χ1v) is 8.49. The average Bonchev–Trinajstić information content (AvgIpc) is 2.66. The third kappa shape index (κ3) is 2.54. The Morgan fingerprint density at radius 2 is 2.00 bits per heavy atom. The number of carbonyl (C=O) groups is 1. The van der Waals surface area contributed by atoms with E-state index in [9.17, 15) is 4.79 Å². The molecule has 1 aliphatic rings. The third-order valence-corrected chi connectivity index (χ3v) is 4.69. The van der Waals surface area contributed by atoms with E-state index < -0.39 is 0 Å². The van der Waals surface area contributed by atoms with Crippen molar-refractivity contribution in [1.82, 2.24) is 4.98 Å². The molecular weight excluding hydrogens is 314 g/mol. The van der Waals surface area contributed by atoms with Gasteiger partial charge in [-0.1, -0.05) is 24.3 Å². The van der Waals surface area contributed by atoms with E-state index in [2.05, 4.69) is 23.2 Å². The van der Waals surface area contributed by atoms with Crippen molar-refractivity contribution >= 4 is 16.9 Å². The molecule has 0 atom stereocenters. The van der Waals surface area contributed by atoms with Gasteiger partial charge in [0, 0.05) is 5.39 Å². The number of methoxy groups -OCH3 is 1. The van der Waals surface area contributed by atoms with E-state index in [1.807, 2.05) is 31.2 Å². The Kier molecular flexibility index (Phi) is 3.88. The Bertz CT molecular complexity index is 978. The van der Waals surface area contributed by atoms with Crippen LogP contribution in [-0.4, -0.2) is 24.7 Å². The van der Waals surface area contributed by atoms with Crippen LogP contribution in [0.1, 0.15) is 28.5 Å². The van der Waals surface area contributed by atoms with Gasteiger partial charge in [0.05, 0.1) is 19.2 Å². The van der Waals surface area contributed by atoms with Crippen LogP contribution in [0.15, 0.2) is 42.5 Å². The third-order valence-electron chi connectivity index (χ3n) is 4.69. The number of aryl methyl sites for hydroxylation is 1. The lowest BCUT2D eigenvalue weighted by Crippen LogP contribution is -2.15. The van der Waals surface area contributed by atoms with Crippen molar-refractivity contribution in [1.29, 1.82) is 0 Å². The van der Waals surface area contributed by atoms with E-state index in [0.29, 0.717) is 12.3 Å². The van der Waals surface area contributed by atoms with E-state index in [1.165, 1.54) is 5.56 Å². The molecule has 2 aromatic carbocycles. The second-order valence-corrected chi connectivity index (χ2v) is 6.07. The molecule has 0 aliphatic heterocycles. The number of carbonyl (C=O) groups excluding carboxylic acids is 1. The van der Waals surface area contributed by atoms with Gasteiger partial charge in [0.2, 0.25) is 0 Å². The van der Waals surface area contributed by atoms with Gasteiger partial charge < -0.3 is 9.47 Å². The van der Waals surface area contributed by atoms with Gasteiger partial charge in [-0.15, -0.1) is 0 Å². The summed E-state index contributed by atoms with van der Waals surface area (Å²) in [6.07, 6.45) is 1.67. The highest BCUT2D eigenvalue weighted by Gasteiger charge is 2.26. The second kappa shape index (κ2) is 6.20. The smallest absolute Gasteiger partial charge is 0.357 e. The van der Waals surface area contributed by atoms with Crippen molar-refractivity contribution in [3.8, 4) is 16.9 Å². The molecule has 1 heterocycles. The minimum atomic E-state index is -0.351. The fourth-order valence-electron chi connectivity index (χ4n) is 3.57. The molecule has 25 heavy (non-hydrogen) atoms. The van der Waals surface area contributed by atoms with Crippen LogP contribution in [0.4, 0.5) is 0 Å². The topological polar surface area (TPSA) is 48.4 Å². The van der Waals surface area contributed by atoms with Crippen LogP contribution in [0.25, 0.3) is 22.0 Å². The first-order valence-electron chi connectivity index (χ1n) is 8.49. The monoisotopic (exact) mass is 333 g/mol. The maximum absolute atomic E-state index is 12.5. The first kappa shape index (κ1) is 15.6. The number of benzene rings is 2. The maximum Gasteiger partial charge on any atom is 0.357 e. The van der Waals surface area contributed by atoms with Gasteiger partial charge in [-0.3, -0.25) is 0 Å². The first-order chi connectivity index (χ1) is 12.2. The molecule has 0 fully saturated rings. The molecule has 3 aromatic rings. The van der Waals surface area contributed by atoms with E-state index in [4.69, 9.17) is 9.47 Å². The van der Waals surface area contributed by atoms with Gasteiger partial charge in [-0.2, -0.15) is 0 Å². The molecule has 0 bridgehead atoms. The number of nitrogens with zero attached hydrogens (tertiary/aromatic N) is 1. The summed E-state index contributed by atoms with van der Waals surface area (Å²) in [6, 6.07) is 14.1. The summed E-state index contributed by atoms with van der Waals surface area (Å²) in [7, 11) is 1.65. The van der Waals surface area contributed by atoms with Gasteiger partial charge in [0.15, 0.2) is 5.69 Å². The standard InChI is InChI=1S/C21H19NO3/c1-3-25-21(23)20-16-10-8-13-6-4-5-7-15(13)19(16)17-12-14(24-2)9-11-18(17)22-20/h4-7,9,11-12H,3,8,10H2,1-2H3. The largest absolute Gasteiger partial charge is 0.497 e. The van der Waals surface area contributed by atoms with Crippen LogP contribution in [-0.2, 0) is 17.6 Å². The van der Waals surface area contributed by atoms with Crippen molar-refractivity contribution in [2.24, 2.45) is 0 Å². The molecular formula is C21H19NO3. The molecule has 4 rings (SSSR count). The highest BCUT2D eigenvalue weighted by atomic mass is 16.5. The lowest BCUT2D eigenvalue weighted by molar-refractivity contribution is 0.0518. The molecule has 4 nitrogen and oxygen atoms in total. The number of ether oxygens (including phenoxy) is 2. The molecule has 0 spiro atoms. The van der Waals surface area contributed by atoms with Gasteiger partial charge in [-0.25, -0.2) is 9.78 Å². The maximum atomic E-state index is 12.5. The zero-order chi connectivity index (χ0) is 17.4. The zero-order valence-electron chi connectivity index (χ0n) is 14.3. The van der Waals surface area contributed by atoms with Crippen LogP contribution in [0.2, 0.25) is 0 Å². The number of aromatic nitrogens is 1. The minimum absolute atomic E-state index is 0.340. The zero-order valence-corrected chi connectivity index (χ0v) is 14.3. The predicted molar refractivity (Wildman–Crippen MR) is 97.1 cm³/mol. The summed E-state index contributed by atoms with van der Waals surface area (Å²) in [5.74, 6) is 0.430. The number of hydrogen-bond donors (Lipinski definition) is 0. The summed E-state index contributed by atoms with van der Waals surface area (Å²) in [5, 5.41) is 1.01. The minimum Gasteiger partial charge on any atom is -0.497 e. The van der Waals surface area contributed by atoms with Gasteiger partial charge in [0.1, 0.15) is 5.75 Å². The molecule has 1 aromatic heterocycles. The molecule has 0 amide bonds. The highest BCUT2D eigenvalue weighted by Crippen LogP contribution is 2.40. The van der Waals surface area contributed by atoms with Gasteiger partial charge in [-0.05, 0) is 60.2 Å². The Morgan fingerprint density at radius 3 is 2.80 bits per heavy atom. The average molecular weight is 333 g/mol. The van der Waals surface area contributed by atoms with Crippen LogP contribution in [0.5, 0.6) is 5.75 Å². The Labute approximate surface area is 146 Å². The van der Waals surface area contributed by atoms with Crippen molar-refractivity contribution in [2.75, 3.05) is 13.7 Å². The van der Waals surface area contributed by atoms with Crippen molar-refractivity contribution in [3.63, 3.8) is 0 Å². The number of esters is 1. The molecule has 0 saturated carbocycles. The molecule has 0 radical (unpaired) electrons. The Morgan fingerprint density at radius 1 is 1.16 bits per heavy atom. The van der Waals surface area contributed by atoms with E-state index >= 15 is 0 Å².